The van der Waals surface area contributed by atoms with Gasteiger partial charge in [-0.2, -0.15) is 5.10 Å². The van der Waals surface area contributed by atoms with Crippen LogP contribution < -0.4 is 10.9 Å². The number of halogens is 1. The van der Waals surface area contributed by atoms with Crippen LogP contribution >= 0.6 is 15.9 Å². The van der Waals surface area contributed by atoms with Crippen LogP contribution in [0.15, 0.2) is 15.6 Å². The minimum atomic E-state index is 0.0626. The van der Waals surface area contributed by atoms with Gasteiger partial charge in [0.05, 0.1) is 34.4 Å². The van der Waals surface area contributed by atoms with Gasteiger partial charge in [0.2, 0.25) is 0 Å². The van der Waals surface area contributed by atoms with E-state index in [0.717, 1.165) is 46.5 Å². The second-order valence-corrected chi connectivity index (χ2v) is 6.01. The number of nitrogens with zero attached hydrogens (tertiary/aromatic N) is 4. The Balaban J connectivity index is 1.99. The fourth-order valence-corrected chi connectivity index (χ4v) is 3.40. The van der Waals surface area contributed by atoms with E-state index in [-0.39, 0.29) is 5.56 Å². The molecule has 0 unspecified atom stereocenters. The Kier molecular flexibility index (Phi) is 3.95. The van der Waals surface area contributed by atoms with Crippen molar-refractivity contribution in [3.05, 3.63) is 43.8 Å². The third-order valence-electron chi connectivity index (χ3n) is 3.89. The zero-order chi connectivity index (χ0) is 15.0. The first-order chi connectivity index (χ1) is 10.1. The van der Waals surface area contributed by atoms with E-state index in [2.05, 4.69) is 38.3 Å². The van der Waals surface area contributed by atoms with Crippen LogP contribution in [0.1, 0.15) is 29.6 Å². The van der Waals surface area contributed by atoms with Gasteiger partial charge >= 0.3 is 0 Å². The van der Waals surface area contributed by atoms with Crippen molar-refractivity contribution >= 4 is 15.9 Å². The predicted octanol–water partition coefficient (Wildman–Crippen LogP) is 0.996. The van der Waals surface area contributed by atoms with Gasteiger partial charge in [0.15, 0.2) is 0 Å². The van der Waals surface area contributed by atoms with E-state index in [1.54, 1.807) is 10.9 Å². The highest BCUT2D eigenvalue weighted by atomic mass is 79.9. The second kappa shape index (κ2) is 5.73. The van der Waals surface area contributed by atoms with Crippen molar-refractivity contribution in [3.63, 3.8) is 0 Å². The van der Waals surface area contributed by atoms with Crippen molar-refractivity contribution in [2.75, 3.05) is 6.54 Å². The molecule has 21 heavy (non-hydrogen) atoms. The molecule has 1 aliphatic heterocycles. The van der Waals surface area contributed by atoms with Crippen molar-refractivity contribution in [2.45, 2.75) is 32.9 Å². The molecule has 3 heterocycles. The van der Waals surface area contributed by atoms with Crippen LogP contribution in [0.25, 0.3) is 0 Å². The Morgan fingerprint density at radius 1 is 1.48 bits per heavy atom. The van der Waals surface area contributed by atoms with Crippen LogP contribution in [0.2, 0.25) is 0 Å². The number of aryl methyl sites for hydroxylation is 2. The molecule has 3 rings (SSSR count). The molecule has 0 atom stereocenters. The van der Waals surface area contributed by atoms with E-state index >= 15 is 0 Å². The van der Waals surface area contributed by atoms with Crippen LogP contribution in [-0.2, 0) is 33.0 Å². The number of aromatic nitrogens is 4. The van der Waals surface area contributed by atoms with Gasteiger partial charge < -0.3 is 5.32 Å². The Morgan fingerprint density at radius 3 is 3.00 bits per heavy atom. The van der Waals surface area contributed by atoms with Gasteiger partial charge in [0.1, 0.15) is 0 Å². The van der Waals surface area contributed by atoms with E-state index < -0.39 is 0 Å². The van der Waals surface area contributed by atoms with Crippen LogP contribution in [-0.4, -0.2) is 25.9 Å². The molecule has 7 heteroatoms. The Morgan fingerprint density at radius 2 is 2.29 bits per heavy atom. The molecule has 2 aromatic heterocycles. The molecule has 0 fully saturated rings. The first kappa shape index (κ1) is 14.5. The summed E-state index contributed by atoms with van der Waals surface area (Å²) in [5.41, 5.74) is 3.78. The van der Waals surface area contributed by atoms with E-state index in [0.29, 0.717) is 13.1 Å². The number of nitrogens with one attached hydrogen (secondary N) is 1. The van der Waals surface area contributed by atoms with E-state index in [1.807, 2.05) is 11.7 Å². The lowest BCUT2D eigenvalue weighted by Gasteiger charge is -2.17. The largest absolute Gasteiger partial charge is 0.311 e. The molecule has 112 valence electrons. The highest BCUT2D eigenvalue weighted by Gasteiger charge is 2.18. The first-order valence-electron chi connectivity index (χ1n) is 7.10. The highest BCUT2D eigenvalue weighted by molar-refractivity contribution is 9.10. The first-order valence-corrected chi connectivity index (χ1v) is 7.89. The standard InChI is InChI=1S/C14H18BrN5O/c1-3-10-13(15)12(19(2)18-10)7-20-8-17-11-6-16-5-4-9(11)14(20)21/h8,16H,3-7H2,1-2H3. The minimum absolute atomic E-state index is 0.0626. The van der Waals surface area contributed by atoms with Gasteiger partial charge in [0, 0.05) is 19.2 Å². The van der Waals surface area contributed by atoms with Gasteiger partial charge in [-0.25, -0.2) is 4.98 Å². The fourth-order valence-electron chi connectivity index (χ4n) is 2.66. The second-order valence-electron chi connectivity index (χ2n) is 5.21. The van der Waals surface area contributed by atoms with Crippen molar-refractivity contribution in [1.29, 1.82) is 0 Å². The monoisotopic (exact) mass is 351 g/mol. The van der Waals surface area contributed by atoms with E-state index in [1.165, 1.54) is 0 Å². The van der Waals surface area contributed by atoms with E-state index in [9.17, 15) is 4.79 Å². The summed E-state index contributed by atoms with van der Waals surface area (Å²) in [6.45, 7) is 4.07. The smallest absolute Gasteiger partial charge is 0.257 e. The summed E-state index contributed by atoms with van der Waals surface area (Å²) in [5.74, 6) is 0. The molecule has 0 saturated carbocycles. The molecule has 0 aromatic carbocycles. The zero-order valence-electron chi connectivity index (χ0n) is 12.2. The molecule has 0 spiro atoms. The zero-order valence-corrected chi connectivity index (χ0v) is 13.8. The topological polar surface area (TPSA) is 64.7 Å². The predicted molar refractivity (Wildman–Crippen MR) is 83.3 cm³/mol. The Bertz CT molecular complexity index is 734. The number of hydrogen-bond acceptors (Lipinski definition) is 4. The van der Waals surface area contributed by atoms with Crippen molar-refractivity contribution in [1.82, 2.24) is 24.6 Å². The lowest BCUT2D eigenvalue weighted by atomic mass is 10.1. The minimum Gasteiger partial charge on any atom is -0.311 e. The summed E-state index contributed by atoms with van der Waals surface area (Å²) in [6.07, 6.45) is 3.24. The average molecular weight is 352 g/mol. The van der Waals surface area contributed by atoms with Crippen molar-refractivity contribution in [2.24, 2.45) is 7.05 Å². The van der Waals surface area contributed by atoms with Crippen LogP contribution in [0.5, 0.6) is 0 Å². The molecule has 0 saturated heterocycles. The summed E-state index contributed by atoms with van der Waals surface area (Å²) in [5, 5.41) is 7.70. The molecule has 0 amide bonds. The highest BCUT2D eigenvalue weighted by Crippen LogP contribution is 2.22. The Hall–Kier alpha value is -1.47. The van der Waals surface area contributed by atoms with Crippen molar-refractivity contribution in [3.8, 4) is 0 Å². The molecule has 6 nitrogen and oxygen atoms in total. The van der Waals surface area contributed by atoms with Gasteiger partial charge in [-0.15, -0.1) is 0 Å². The van der Waals surface area contributed by atoms with Gasteiger partial charge in [-0.1, -0.05) is 6.92 Å². The van der Waals surface area contributed by atoms with Crippen LogP contribution in [0.4, 0.5) is 0 Å². The van der Waals surface area contributed by atoms with Gasteiger partial charge in [0.25, 0.3) is 5.56 Å². The Labute approximate surface area is 131 Å². The molecule has 0 aliphatic carbocycles. The third kappa shape index (κ3) is 2.55. The molecule has 0 bridgehead atoms. The summed E-state index contributed by atoms with van der Waals surface area (Å²) >= 11 is 3.59. The summed E-state index contributed by atoms with van der Waals surface area (Å²) in [6, 6.07) is 0. The molecular formula is C14H18BrN5O. The molecule has 1 aliphatic rings. The maximum Gasteiger partial charge on any atom is 0.257 e. The number of rotatable bonds is 3. The third-order valence-corrected chi connectivity index (χ3v) is 4.80. The molecule has 1 N–H and O–H groups in total. The maximum absolute atomic E-state index is 12.6. The molecule has 0 radical (unpaired) electrons. The van der Waals surface area contributed by atoms with Gasteiger partial charge in [-0.3, -0.25) is 14.0 Å². The van der Waals surface area contributed by atoms with E-state index in [4.69, 9.17) is 0 Å². The lowest BCUT2D eigenvalue weighted by molar-refractivity contribution is 0.584. The average Bonchev–Trinajstić information content (AvgIpc) is 2.77. The summed E-state index contributed by atoms with van der Waals surface area (Å²) in [7, 11) is 1.90. The maximum atomic E-state index is 12.6. The normalized spacial score (nSPS) is 14.2. The lowest BCUT2D eigenvalue weighted by Crippen LogP contribution is -2.34. The van der Waals surface area contributed by atoms with Crippen LogP contribution in [0.3, 0.4) is 0 Å². The number of hydrogen-bond donors (Lipinski definition) is 1. The van der Waals surface area contributed by atoms with Crippen LogP contribution in [0, 0.1) is 0 Å². The quantitative estimate of drug-likeness (QED) is 0.895. The summed E-state index contributed by atoms with van der Waals surface area (Å²) in [4.78, 5) is 17.0. The number of fused-ring (bicyclic) bond motifs is 1. The fraction of sp³-hybridized carbons (Fsp3) is 0.500. The molecule has 2 aromatic rings. The SMILES string of the molecule is CCc1nn(C)c(Cn2cnc3c(c2=O)CCNC3)c1Br. The van der Waals surface area contributed by atoms with Crippen molar-refractivity contribution < 1.29 is 0 Å². The summed E-state index contributed by atoms with van der Waals surface area (Å²) < 4.78 is 4.49. The molecular weight excluding hydrogens is 334 g/mol. The van der Waals surface area contributed by atoms with Gasteiger partial charge in [-0.05, 0) is 35.3 Å².